The van der Waals surface area contributed by atoms with Crippen LogP contribution in [0.1, 0.15) is 27.0 Å². The molecule has 0 aliphatic heterocycles. The van der Waals surface area contributed by atoms with Crippen molar-refractivity contribution < 1.29 is 27.4 Å². The maximum Gasteiger partial charge on any atom is 0.416 e. The minimum Gasteiger partial charge on any atom is -0.497 e. The highest BCUT2D eigenvalue weighted by molar-refractivity contribution is 7.98. The molecule has 0 fully saturated rings. The van der Waals surface area contributed by atoms with Gasteiger partial charge in [-0.1, -0.05) is 36.0 Å². The lowest BCUT2D eigenvalue weighted by Crippen LogP contribution is -2.28. The van der Waals surface area contributed by atoms with E-state index < -0.39 is 23.2 Å². The standard InChI is InChI=1S/C27H22F3N7O4S/c1-31-24(38)20-11-34-37-23(20)25(39)36(26(35-37)42-15-17-3-7-18(8-4-17)27(28,29)30)21-12-33-22(13-32-21)41-14-16-5-9-19(40-2)10-6-16/h3-13H,14-15H2,1-2H3,(H,31,38). The van der Waals surface area contributed by atoms with Gasteiger partial charge >= 0.3 is 6.18 Å². The van der Waals surface area contributed by atoms with Crippen LogP contribution in [0.4, 0.5) is 13.2 Å². The van der Waals surface area contributed by atoms with E-state index in [9.17, 15) is 22.8 Å². The van der Waals surface area contributed by atoms with Crippen LogP contribution in [0, 0.1) is 0 Å². The van der Waals surface area contributed by atoms with Gasteiger partial charge in [-0.25, -0.2) is 14.5 Å². The fraction of sp³-hybridized carbons (Fsp3) is 0.185. The van der Waals surface area contributed by atoms with Gasteiger partial charge in [0, 0.05) is 12.8 Å². The average molecular weight is 598 g/mol. The molecular weight excluding hydrogens is 575 g/mol. The monoisotopic (exact) mass is 597 g/mol. The fourth-order valence-corrected chi connectivity index (χ4v) is 4.78. The lowest BCUT2D eigenvalue weighted by atomic mass is 10.1. The van der Waals surface area contributed by atoms with Crippen molar-refractivity contribution in [2.24, 2.45) is 0 Å². The van der Waals surface area contributed by atoms with Crippen LogP contribution in [0.5, 0.6) is 11.6 Å². The number of nitrogens with zero attached hydrogens (tertiary/aromatic N) is 6. The molecule has 0 saturated carbocycles. The van der Waals surface area contributed by atoms with Crippen LogP contribution in [0.15, 0.2) is 77.1 Å². The predicted octanol–water partition coefficient (Wildman–Crippen LogP) is 3.93. The van der Waals surface area contributed by atoms with Crippen LogP contribution in [-0.4, -0.2) is 49.4 Å². The van der Waals surface area contributed by atoms with E-state index in [1.807, 2.05) is 12.1 Å². The number of amides is 1. The Morgan fingerprint density at radius 3 is 2.33 bits per heavy atom. The van der Waals surface area contributed by atoms with Gasteiger partial charge < -0.3 is 14.8 Å². The molecule has 3 aromatic heterocycles. The molecule has 11 nitrogen and oxygen atoms in total. The van der Waals surface area contributed by atoms with E-state index in [1.54, 1.807) is 19.2 Å². The van der Waals surface area contributed by atoms with Crippen LogP contribution in [0.25, 0.3) is 11.3 Å². The van der Waals surface area contributed by atoms with E-state index >= 15 is 0 Å². The first kappa shape index (κ1) is 28.6. The number of halogens is 3. The summed E-state index contributed by atoms with van der Waals surface area (Å²) >= 11 is 1.08. The highest BCUT2D eigenvalue weighted by Crippen LogP contribution is 2.30. The number of nitrogens with one attached hydrogen (secondary N) is 1. The molecule has 2 aromatic carbocycles. The first-order chi connectivity index (χ1) is 20.2. The summed E-state index contributed by atoms with van der Waals surface area (Å²) in [6.45, 7) is 0.213. The number of fused-ring (bicyclic) bond motifs is 1. The Hall–Kier alpha value is -4.92. The molecule has 0 aliphatic rings. The Labute approximate surface area is 240 Å². The summed E-state index contributed by atoms with van der Waals surface area (Å²) in [7, 11) is 2.99. The SMILES string of the molecule is CNC(=O)c1cnn2nc(SCc3ccc(C(F)(F)F)cc3)n(-c3cnc(OCc4ccc(OC)cc4)cn3)c(=O)c12. The van der Waals surface area contributed by atoms with Crippen molar-refractivity contribution in [3.8, 4) is 17.4 Å². The molecule has 1 amide bonds. The number of alkyl halides is 3. The second-order valence-corrected chi connectivity index (χ2v) is 9.67. The Morgan fingerprint density at radius 1 is 1.00 bits per heavy atom. The first-order valence-electron chi connectivity index (χ1n) is 12.3. The third kappa shape index (κ3) is 6.05. The summed E-state index contributed by atoms with van der Waals surface area (Å²) in [5.74, 6) is 0.644. The Balaban J connectivity index is 1.46. The number of methoxy groups -OCH3 is 1. The topological polar surface area (TPSA) is 126 Å². The summed E-state index contributed by atoms with van der Waals surface area (Å²) in [6, 6.07) is 12.0. The van der Waals surface area contributed by atoms with Crippen molar-refractivity contribution in [2.75, 3.05) is 14.2 Å². The van der Waals surface area contributed by atoms with Crippen molar-refractivity contribution in [3.63, 3.8) is 0 Å². The smallest absolute Gasteiger partial charge is 0.416 e. The average Bonchev–Trinajstić information content (AvgIpc) is 3.43. The molecule has 0 atom stereocenters. The maximum absolute atomic E-state index is 13.7. The number of hydrogen-bond donors (Lipinski definition) is 1. The zero-order chi connectivity index (χ0) is 29.9. The largest absolute Gasteiger partial charge is 0.497 e. The fourth-order valence-electron chi connectivity index (χ4n) is 3.85. The molecule has 0 unspecified atom stereocenters. The molecule has 5 rings (SSSR count). The van der Waals surface area contributed by atoms with Gasteiger partial charge in [0.25, 0.3) is 11.5 Å². The number of ether oxygens (including phenoxy) is 2. The molecule has 0 spiro atoms. The molecule has 216 valence electrons. The lowest BCUT2D eigenvalue weighted by molar-refractivity contribution is -0.137. The number of thioether (sulfide) groups is 1. The maximum atomic E-state index is 13.7. The van der Waals surface area contributed by atoms with Crippen molar-refractivity contribution in [3.05, 3.63) is 99.7 Å². The Morgan fingerprint density at radius 2 is 1.71 bits per heavy atom. The van der Waals surface area contributed by atoms with E-state index in [1.165, 1.54) is 42.3 Å². The highest BCUT2D eigenvalue weighted by Gasteiger charge is 2.30. The number of carbonyl (C=O) groups excluding carboxylic acids is 1. The van der Waals surface area contributed by atoms with E-state index in [-0.39, 0.29) is 40.3 Å². The molecular formula is C27H22F3N7O4S. The quantitative estimate of drug-likeness (QED) is 0.252. The van der Waals surface area contributed by atoms with E-state index in [2.05, 4.69) is 25.5 Å². The van der Waals surface area contributed by atoms with E-state index in [0.29, 0.717) is 11.3 Å². The van der Waals surface area contributed by atoms with Crippen LogP contribution in [0.3, 0.4) is 0 Å². The van der Waals surface area contributed by atoms with Crippen molar-refractivity contribution in [1.82, 2.24) is 34.7 Å². The number of aromatic nitrogens is 6. The summed E-state index contributed by atoms with van der Waals surface area (Å²) < 4.78 is 51.9. The Bertz CT molecular complexity index is 1770. The third-order valence-electron chi connectivity index (χ3n) is 6.04. The third-order valence-corrected chi connectivity index (χ3v) is 7.04. The highest BCUT2D eigenvalue weighted by atomic mass is 32.2. The summed E-state index contributed by atoms with van der Waals surface area (Å²) in [5, 5.41) is 11.0. The van der Waals surface area contributed by atoms with Crippen LogP contribution >= 0.6 is 11.8 Å². The molecule has 3 heterocycles. The minimum absolute atomic E-state index is 0.00967. The normalized spacial score (nSPS) is 11.5. The zero-order valence-electron chi connectivity index (χ0n) is 22.1. The Kier molecular flexibility index (Phi) is 8.10. The lowest BCUT2D eigenvalue weighted by Gasteiger charge is -2.12. The predicted molar refractivity (Wildman–Crippen MR) is 146 cm³/mol. The summed E-state index contributed by atoms with van der Waals surface area (Å²) in [5.41, 5.74) is -0.0520. The van der Waals surface area contributed by atoms with Crippen molar-refractivity contribution in [2.45, 2.75) is 23.7 Å². The molecule has 0 bridgehead atoms. The van der Waals surface area contributed by atoms with Gasteiger partial charge in [-0.3, -0.25) is 9.59 Å². The van der Waals surface area contributed by atoms with Crippen LogP contribution in [-0.2, 0) is 18.5 Å². The molecule has 5 aromatic rings. The van der Waals surface area contributed by atoms with Gasteiger partial charge in [0.05, 0.1) is 36.8 Å². The van der Waals surface area contributed by atoms with Crippen LogP contribution in [0.2, 0.25) is 0 Å². The molecule has 15 heteroatoms. The van der Waals surface area contributed by atoms with E-state index in [0.717, 1.165) is 34.1 Å². The van der Waals surface area contributed by atoms with Gasteiger partial charge in [-0.15, -0.1) is 9.73 Å². The van der Waals surface area contributed by atoms with Crippen molar-refractivity contribution in [1.29, 1.82) is 0 Å². The van der Waals surface area contributed by atoms with Crippen molar-refractivity contribution >= 4 is 23.2 Å². The van der Waals surface area contributed by atoms with Gasteiger partial charge in [-0.05, 0) is 35.4 Å². The molecule has 0 saturated heterocycles. The van der Waals surface area contributed by atoms with Gasteiger partial charge in [0.2, 0.25) is 5.88 Å². The van der Waals surface area contributed by atoms with Gasteiger partial charge in [0.1, 0.15) is 12.4 Å². The number of hydrogen-bond acceptors (Lipinski definition) is 9. The second kappa shape index (κ2) is 11.9. The number of benzene rings is 2. The molecule has 0 aliphatic carbocycles. The summed E-state index contributed by atoms with van der Waals surface area (Å²) in [6.07, 6.45) is -0.569. The summed E-state index contributed by atoms with van der Waals surface area (Å²) in [4.78, 5) is 34.7. The number of rotatable bonds is 9. The zero-order valence-corrected chi connectivity index (χ0v) is 22.9. The van der Waals surface area contributed by atoms with Gasteiger partial charge in [0.15, 0.2) is 16.5 Å². The molecule has 0 radical (unpaired) electrons. The minimum atomic E-state index is -4.45. The van der Waals surface area contributed by atoms with Gasteiger partial charge in [-0.2, -0.15) is 18.3 Å². The molecule has 1 N–H and O–H groups in total. The van der Waals surface area contributed by atoms with Crippen LogP contribution < -0.4 is 20.3 Å². The second-order valence-electron chi connectivity index (χ2n) is 8.73. The number of carbonyl (C=O) groups is 1. The van der Waals surface area contributed by atoms with E-state index in [4.69, 9.17) is 9.47 Å². The first-order valence-corrected chi connectivity index (χ1v) is 13.3. The molecule has 42 heavy (non-hydrogen) atoms.